The summed E-state index contributed by atoms with van der Waals surface area (Å²) in [6.45, 7) is 0. The number of rotatable bonds is 3. The van der Waals surface area contributed by atoms with Gasteiger partial charge in [0, 0.05) is 0 Å². The molecule has 0 atom stereocenters. The van der Waals surface area contributed by atoms with E-state index >= 15 is 0 Å². The number of benzene rings is 2. The normalized spacial score (nSPS) is 11.2. The van der Waals surface area contributed by atoms with Gasteiger partial charge in [0.2, 0.25) is 9.84 Å². The van der Waals surface area contributed by atoms with Gasteiger partial charge in [0.05, 0.1) is 15.4 Å². The van der Waals surface area contributed by atoms with E-state index in [9.17, 15) is 13.2 Å². The van der Waals surface area contributed by atoms with Crippen molar-refractivity contribution in [3.63, 3.8) is 0 Å². The lowest BCUT2D eigenvalue weighted by Crippen LogP contribution is -2.03. The molecule has 0 amide bonds. The first-order chi connectivity index (χ1) is 8.91. The predicted octanol–water partition coefficient (Wildman–Crippen LogP) is 1.92. The monoisotopic (exact) mass is 278 g/mol. The van der Waals surface area contributed by atoms with Crippen molar-refractivity contribution < 1.29 is 23.4 Å². The summed E-state index contributed by atoms with van der Waals surface area (Å²) in [4.78, 5) is 10.7. The highest BCUT2D eigenvalue weighted by molar-refractivity contribution is 7.91. The maximum Gasteiger partial charge on any atom is 0.335 e. The zero-order valence-corrected chi connectivity index (χ0v) is 10.5. The Morgan fingerprint density at radius 3 is 1.68 bits per heavy atom. The van der Waals surface area contributed by atoms with Crippen LogP contribution >= 0.6 is 0 Å². The summed E-state index contributed by atoms with van der Waals surface area (Å²) in [5.74, 6) is -1.14. The fraction of sp³-hybridized carbons (Fsp3) is 0. The van der Waals surface area contributed by atoms with Gasteiger partial charge in [0.25, 0.3) is 0 Å². The standard InChI is InChI=1S/C13H10O5S/c14-10-3-7-12(8-4-10)19(17,18)11-5-1-9(2-6-11)13(15)16/h1-8,14H,(H,15,16). The van der Waals surface area contributed by atoms with Gasteiger partial charge in [-0.05, 0) is 48.5 Å². The lowest BCUT2D eigenvalue weighted by atomic mass is 10.2. The molecular weight excluding hydrogens is 268 g/mol. The van der Waals surface area contributed by atoms with Gasteiger partial charge in [-0.15, -0.1) is 0 Å². The van der Waals surface area contributed by atoms with E-state index in [4.69, 9.17) is 10.2 Å². The van der Waals surface area contributed by atoms with E-state index in [1.807, 2.05) is 0 Å². The Labute approximate surface area is 109 Å². The SMILES string of the molecule is O=C(O)c1ccc(S(=O)(=O)c2ccc(O)cc2)cc1. The first-order valence-electron chi connectivity index (χ1n) is 5.29. The summed E-state index contributed by atoms with van der Waals surface area (Å²) in [6, 6.07) is 10.1. The summed E-state index contributed by atoms with van der Waals surface area (Å²) in [5.41, 5.74) is 0.0182. The van der Waals surface area contributed by atoms with Gasteiger partial charge < -0.3 is 10.2 Å². The fourth-order valence-electron chi connectivity index (χ4n) is 1.54. The first kappa shape index (κ1) is 13.1. The smallest absolute Gasteiger partial charge is 0.335 e. The average molecular weight is 278 g/mol. The molecule has 0 bridgehead atoms. The van der Waals surface area contributed by atoms with Crippen molar-refractivity contribution in [1.82, 2.24) is 0 Å². The van der Waals surface area contributed by atoms with Crippen molar-refractivity contribution >= 4 is 15.8 Å². The van der Waals surface area contributed by atoms with Gasteiger partial charge >= 0.3 is 5.97 Å². The van der Waals surface area contributed by atoms with Crippen LogP contribution in [0.1, 0.15) is 10.4 Å². The van der Waals surface area contributed by atoms with Crippen LogP contribution in [0.3, 0.4) is 0 Å². The third-order valence-corrected chi connectivity index (χ3v) is 4.34. The Hall–Kier alpha value is -2.34. The molecule has 5 nitrogen and oxygen atoms in total. The molecule has 6 heteroatoms. The lowest BCUT2D eigenvalue weighted by Gasteiger charge is -2.05. The van der Waals surface area contributed by atoms with Gasteiger partial charge in [-0.25, -0.2) is 13.2 Å². The number of aromatic carboxylic acids is 1. The second kappa shape index (κ2) is 4.74. The van der Waals surface area contributed by atoms with E-state index in [-0.39, 0.29) is 21.1 Å². The number of carboxylic acids is 1. The Morgan fingerprint density at radius 1 is 0.842 bits per heavy atom. The molecule has 19 heavy (non-hydrogen) atoms. The van der Waals surface area contributed by atoms with E-state index in [0.29, 0.717) is 0 Å². The van der Waals surface area contributed by atoms with E-state index in [2.05, 4.69) is 0 Å². The highest BCUT2D eigenvalue weighted by Crippen LogP contribution is 2.22. The molecule has 0 fully saturated rings. The second-order valence-corrected chi connectivity index (χ2v) is 5.78. The maximum absolute atomic E-state index is 12.2. The fourth-order valence-corrected chi connectivity index (χ4v) is 2.80. The molecule has 2 N–H and O–H groups in total. The zero-order valence-electron chi connectivity index (χ0n) is 9.65. The summed E-state index contributed by atoms with van der Waals surface area (Å²) < 4.78 is 24.4. The van der Waals surface area contributed by atoms with E-state index in [1.54, 1.807) is 0 Å². The zero-order chi connectivity index (χ0) is 14.0. The topological polar surface area (TPSA) is 91.7 Å². The maximum atomic E-state index is 12.2. The van der Waals surface area contributed by atoms with E-state index in [1.165, 1.54) is 48.5 Å². The molecule has 0 unspecified atom stereocenters. The number of hydrogen-bond donors (Lipinski definition) is 2. The van der Waals surface area contributed by atoms with Crippen molar-refractivity contribution in [2.45, 2.75) is 9.79 Å². The molecule has 98 valence electrons. The first-order valence-corrected chi connectivity index (χ1v) is 6.77. The van der Waals surface area contributed by atoms with Crippen LogP contribution < -0.4 is 0 Å². The van der Waals surface area contributed by atoms with Crippen molar-refractivity contribution in [3.05, 3.63) is 54.1 Å². The van der Waals surface area contributed by atoms with Gasteiger partial charge in [-0.2, -0.15) is 0 Å². The largest absolute Gasteiger partial charge is 0.508 e. The van der Waals surface area contributed by atoms with Crippen LogP contribution in [-0.4, -0.2) is 24.6 Å². The minimum atomic E-state index is -3.70. The van der Waals surface area contributed by atoms with Crippen LogP contribution in [0.15, 0.2) is 58.3 Å². The third kappa shape index (κ3) is 2.58. The van der Waals surface area contributed by atoms with E-state index in [0.717, 1.165) is 0 Å². The number of phenolic OH excluding ortho intramolecular Hbond substituents is 1. The second-order valence-electron chi connectivity index (χ2n) is 3.83. The predicted molar refractivity (Wildman–Crippen MR) is 67.0 cm³/mol. The van der Waals surface area contributed by atoms with Crippen molar-refractivity contribution in [2.75, 3.05) is 0 Å². The van der Waals surface area contributed by atoms with Crippen LogP contribution in [0, 0.1) is 0 Å². The van der Waals surface area contributed by atoms with E-state index < -0.39 is 15.8 Å². The van der Waals surface area contributed by atoms with Crippen LogP contribution in [0.5, 0.6) is 5.75 Å². The minimum Gasteiger partial charge on any atom is -0.508 e. The molecule has 0 aliphatic carbocycles. The summed E-state index contributed by atoms with van der Waals surface area (Å²) in [5, 5.41) is 17.9. The summed E-state index contributed by atoms with van der Waals surface area (Å²) >= 11 is 0. The molecule has 0 radical (unpaired) electrons. The summed E-state index contributed by atoms with van der Waals surface area (Å²) in [6.07, 6.45) is 0. The molecule has 0 aliphatic heterocycles. The van der Waals surface area contributed by atoms with Crippen LogP contribution in [0.2, 0.25) is 0 Å². The Kier molecular flexibility index (Phi) is 3.26. The van der Waals surface area contributed by atoms with Crippen molar-refractivity contribution in [1.29, 1.82) is 0 Å². The molecule has 2 rings (SSSR count). The molecule has 2 aromatic rings. The number of sulfone groups is 1. The quantitative estimate of drug-likeness (QED) is 0.895. The molecular formula is C13H10O5S. The lowest BCUT2D eigenvalue weighted by molar-refractivity contribution is 0.0696. The number of carboxylic acid groups (broad SMARTS) is 1. The van der Waals surface area contributed by atoms with Crippen LogP contribution in [0.4, 0.5) is 0 Å². The molecule has 2 aromatic carbocycles. The Bertz CT molecular complexity index is 700. The van der Waals surface area contributed by atoms with Crippen LogP contribution in [0.25, 0.3) is 0 Å². The van der Waals surface area contributed by atoms with Gasteiger partial charge in [0.1, 0.15) is 5.75 Å². The van der Waals surface area contributed by atoms with Crippen molar-refractivity contribution in [3.8, 4) is 5.75 Å². The Balaban J connectivity index is 2.44. The number of phenols is 1. The molecule has 0 spiro atoms. The average Bonchev–Trinajstić information content (AvgIpc) is 2.39. The number of carbonyl (C=O) groups is 1. The number of hydrogen-bond acceptors (Lipinski definition) is 4. The summed E-state index contributed by atoms with van der Waals surface area (Å²) in [7, 11) is -3.70. The highest BCUT2D eigenvalue weighted by Gasteiger charge is 2.17. The van der Waals surface area contributed by atoms with Gasteiger partial charge in [-0.3, -0.25) is 0 Å². The highest BCUT2D eigenvalue weighted by atomic mass is 32.2. The molecule has 0 heterocycles. The minimum absolute atomic E-state index is 0.00295. The third-order valence-electron chi connectivity index (χ3n) is 2.56. The van der Waals surface area contributed by atoms with Gasteiger partial charge in [-0.1, -0.05) is 0 Å². The molecule has 0 aromatic heterocycles. The van der Waals surface area contributed by atoms with Gasteiger partial charge in [0.15, 0.2) is 0 Å². The van der Waals surface area contributed by atoms with Crippen LogP contribution in [-0.2, 0) is 9.84 Å². The molecule has 0 aliphatic rings. The number of aromatic hydroxyl groups is 1. The molecule has 0 saturated carbocycles. The Morgan fingerprint density at radius 2 is 1.26 bits per heavy atom. The molecule has 0 saturated heterocycles. The van der Waals surface area contributed by atoms with Crippen molar-refractivity contribution in [2.24, 2.45) is 0 Å².